The molecular weight excluding hydrogens is 391 g/mol. The van der Waals surface area contributed by atoms with Gasteiger partial charge in [-0.15, -0.1) is 0 Å². The molecule has 1 N–H and O–H groups in total. The third-order valence-corrected chi connectivity index (χ3v) is 6.69. The molecule has 3 nitrogen and oxygen atoms in total. The molecule has 1 aromatic rings. The van der Waals surface area contributed by atoms with E-state index in [9.17, 15) is 18.0 Å². The average molecular weight is 426 g/mol. The van der Waals surface area contributed by atoms with Crippen LogP contribution >= 0.6 is 0 Å². The molecule has 0 aliphatic heterocycles. The highest BCUT2D eigenvalue weighted by atomic mass is 19.4. The number of carbonyl (C=O) groups is 1. The van der Waals surface area contributed by atoms with Crippen LogP contribution in [0.15, 0.2) is 24.3 Å². The van der Waals surface area contributed by atoms with E-state index in [-0.39, 0.29) is 23.8 Å². The Morgan fingerprint density at radius 2 is 1.70 bits per heavy atom. The number of esters is 1. The highest BCUT2D eigenvalue weighted by Crippen LogP contribution is 2.40. The summed E-state index contributed by atoms with van der Waals surface area (Å²) in [5.74, 6) is 0.149. The number of alkyl halides is 3. The molecule has 0 heterocycles. The summed E-state index contributed by atoms with van der Waals surface area (Å²) in [6.07, 6.45) is 6.13. The lowest BCUT2D eigenvalue weighted by Crippen LogP contribution is -2.45. The second-order valence-electron chi connectivity index (χ2n) is 8.88. The first-order chi connectivity index (χ1) is 14.4. The molecule has 2 aliphatic carbocycles. The van der Waals surface area contributed by atoms with Crippen molar-refractivity contribution in [2.45, 2.75) is 95.3 Å². The van der Waals surface area contributed by atoms with Crippen molar-refractivity contribution < 1.29 is 22.7 Å². The number of ether oxygens (including phenoxy) is 1. The van der Waals surface area contributed by atoms with Crippen LogP contribution in [0.4, 0.5) is 13.2 Å². The number of halogens is 3. The van der Waals surface area contributed by atoms with E-state index >= 15 is 0 Å². The van der Waals surface area contributed by atoms with Crippen molar-refractivity contribution in [3.63, 3.8) is 0 Å². The van der Waals surface area contributed by atoms with Crippen LogP contribution in [0, 0.1) is 5.92 Å². The second-order valence-corrected chi connectivity index (χ2v) is 8.88. The maximum Gasteiger partial charge on any atom is 0.416 e. The van der Waals surface area contributed by atoms with Gasteiger partial charge in [-0.05, 0) is 68.6 Å². The Morgan fingerprint density at radius 3 is 2.30 bits per heavy atom. The number of benzene rings is 1. The Labute approximate surface area is 177 Å². The zero-order valence-electron chi connectivity index (χ0n) is 17.8. The number of hydrogen-bond donors (Lipinski definition) is 1. The van der Waals surface area contributed by atoms with Crippen molar-refractivity contribution in [3.05, 3.63) is 35.4 Å². The van der Waals surface area contributed by atoms with E-state index in [0.717, 1.165) is 24.8 Å². The van der Waals surface area contributed by atoms with Gasteiger partial charge in [0.05, 0.1) is 12.2 Å². The maximum absolute atomic E-state index is 13.0. The predicted octanol–water partition coefficient (Wildman–Crippen LogP) is 6.22. The first-order valence-electron chi connectivity index (χ1n) is 11.5. The largest absolute Gasteiger partial charge is 0.466 e. The lowest BCUT2D eigenvalue weighted by Gasteiger charge is -2.39. The van der Waals surface area contributed by atoms with E-state index in [0.29, 0.717) is 19.1 Å². The Morgan fingerprint density at radius 1 is 1.03 bits per heavy atom. The van der Waals surface area contributed by atoms with Gasteiger partial charge in [-0.1, -0.05) is 37.8 Å². The summed E-state index contributed by atoms with van der Waals surface area (Å²) >= 11 is 0. The summed E-state index contributed by atoms with van der Waals surface area (Å²) in [5.41, 5.74) is 0.320. The van der Waals surface area contributed by atoms with Crippen molar-refractivity contribution in [1.29, 1.82) is 0 Å². The molecule has 2 fully saturated rings. The van der Waals surface area contributed by atoms with Gasteiger partial charge in [0.2, 0.25) is 0 Å². The SMILES string of the molecule is CCOC(=O)C[C@@H]1CC[C@@H](NC2CCCCCC2)[C@H](c2ccc(C(F)(F)F)cc2)C1. The van der Waals surface area contributed by atoms with Gasteiger partial charge < -0.3 is 10.1 Å². The Hall–Kier alpha value is -1.56. The van der Waals surface area contributed by atoms with Crippen molar-refractivity contribution in [3.8, 4) is 0 Å². The quantitative estimate of drug-likeness (QED) is 0.434. The van der Waals surface area contributed by atoms with E-state index in [1.165, 1.54) is 50.7 Å². The highest BCUT2D eigenvalue weighted by Gasteiger charge is 2.35. The Bertz CT molecular complexity index is 666. The van der Waals surface area contributed by atoms with E-state index in [1.54, 1.807) is 19.1 Å². The Balaban J connectivity index is 1.74. The molecule has 1 aromatic carbocycles. The van der Waals surface area contributed by atoms with Gasteiger partial charge in [0.15, 0.2) is 0 Å². The lowest BCUT2D eigenvalue weighted by atomic mass is 9.73. The monoisotopic (exact) mass is 425 g/mol. The third kappa shape index (κ3) is 6.47. The van der Waals surface area contributed by atoms with Crippen LogP contribution in [0.25, 0.3) is 0 Å². The fourth-order valence-corrected chi connectivity index (χ4v) is 5.13. The standard InChI is InChI=1S/C24H34F3NO2/c1-2-30-23(29)16-17-9-14-22(28-20-7-5-3-4-6-8-20)21(15-17)18-10-12-19(13-11-18)24(25,26)27/h10-13,17,20-22,28H,2-9,14-16H2,1H3/t17-,21+,22-/m1/s1. The van der Waals surface area contributed by atoms with Gasteiger partial charge >= 0.3 is 12.1 Å². The van der Waals surface area contributed by atoms with Crippen LogP contribution in [0.1, 0.15) is 88.2 Å². The molecule has 0 unspecified atom stereocenters. The summed E-state index contributed by atoms with van der Waals surface area (Å²) in [6.45, 7) is 2.18. The smallest absolute Gasteiger partial charge is 0.416 e. The maximum atomic E-state index is 13.0. The molecule has 0 bridgehead atoms. The van der Waals surface area contributed by atoms with Crippen molar-refractivity contribution in [1.82, 2.24) is 5.32 Å². The molecule has 0 amide bonds. The van der Waals surface area contributed by atoms with Crippen LogP contribution in [-0.4, -0.2) is 24.7 Å². The number of rotatable bonds is 6. The first-order valence-corrected chi connectivity index (χ1v) is 11.5. The molecule has 168 valence electrons. The lowest BCUT2D eigenvalue weighted by molar-refractivity contribution is -0.144. The number of hydrogen-bond acceptors (Lipinski definition) is 3. The number of nitrogens with one attached hydrogen (secondary N) is 1. The summed E-state index contributed by atoms with van der Waals surface area (Å²) in [5, 5.41) is 3.85. The van der Waals surface area contributed by atoms with Crippen LogP contribution in [0.3, 0.4) is 0 Å². The van der Waals surface area contributed by atoms with Crippen LogP contribution < -0.4 is 5.32 Å². The van der Waals surface area contributed by atoms with Crippen LogP contribution in [0.5, 0.6) is 0 Å². The molecule has 3 atom stereocenters. The van der Waals surface area contributed by atoms with Crippen LogP contribution in [0.2, 0.25) is 0 Å². The topological polar surface area (TPSA) is 38.3 Å². The molecule has 30 heavy (non-hydrogen) atoms. The number of carbonyl (C=O) groups excluding carboxylic acids is 1. The highest BCUT2D eigenvalue weighted by molar-refractivity contribution is 5.69. The minimum absolute atomic E-state index is 0.115. The molecule has 3 rings (SSSR count). The molecule has 0 saturated heterocycles. The van der Waals surface area contributed by atoms with Crippen molar-refractivity contribution in [2.75, 3.05) is 6.61 Å². The van der Waals surface area contributed by atoms with Crippen LogP contribution in [-0.2, 0) is 15.7 Å². The van der Waals surface area contributed by atoms with Crippen molar-refractivity contribution >= 4 is 5.97 Å². The van der Waals surface area contributed by atoms with Crippen molar-refractivity contribution in [2.24, 2.45) is 5.92 Å². The fourth-order valence-electron chi connectivity index (χ4n) is 5.13. The van der Waals surface area contributed by atoms with Gasteiger partial charge in [-0.25, -0.2) is 0 Å². The summed E-state index contributed by atoms with van der Waals surface area (Å²) in [7, 11) is 0. The summed E-state index contributed by atoms with van der Waals surface area (Å²) in [4.78, 5) is 12.0. The molecule has 0 spiro atoms. The summed E-state index contributed by atoms with van der Waals surface area (Å²) < 4.78 is 44.1. The molecule has 0 radical (unpaired) electrons. The van der Waals surface area contributed by atoms with E-state index < -0.39 is 11.7 Å². The minimum atomic E-state index is -4.32. The van der Waals surface area contributed by atoms with Gasteiger partial charge in [0.25, 0.3) is 0 Å². The van der Waals surface area contributed by atoms with E-state index in [4.69, 9.17) is 4.74 Å². The Kier molecular flexibility index (Phi) is 8.20. The molecule has 6 heteroatoms. The van der Waals surface area contributed by atoms with E-state index in [1.807, 2.05) is 0 Å². The normalized spacial score (nSPS) is 26.2. The third-order valence-electron chi connectivity index (χ3n) is 6.69. The first kappa shape index (κ1) is 23.1. The molecule has 2 saturated carbocycles. The van der Waals surface area contributed by atoms with Gasteiger partial charge in [-0.3, -0.25) is 4.79 Å². The van der Waals surface area contributed by atoms with Gasteiger partial charge in [-0.2, -0.15) is 13.2 Å². The van der Waals surface area contributed by atoms with Gasteiger partial charge in [0, 0.05) is 18.5 Å². The zero-order chi connectivity index (χ0) is 21.6. The minimum Gasteiger partial charge on any atom is -0.466 e. The zero-order valence-corrected chi connectivity index (χ0v) is 17.8. The summed E-state index contributed by atoms with van der Waals surface area (Å²) in [6, 6.07) is 6.35. The molecule has 2 aliphatic rings. The molecule has 0 aromatic heterocycles. The fraction of sp³-hybridized carbons (Fsp3) is 0.708. The van der Waals surface area contributed by atoms with Gasteiger partial charge in [0.1, 0.15) is 0 Å². The van der Waals surface area contributed by atoms with E-state index in [2.05, 4.69) is 5.32 Å². The predicted molar refractivity (Wildman–Crippen MR) is 111 cm³/mol. The molecular formula is C24H34F3NO2. The average Bonchev–Trinajstić information content (AvgIpc) is 2.97. The second kappa shape index (κ2) is 10.7.